The zero-order chi connectivity index (χ0) is 76.6. The van der Waals surface area contributed by atoms with E-state index >= 15 is 0 Å². The Morgan fingerprint density at radius 1 is 0.593 bits per heavy atom. The lowest BCUT2D eigenvalue weighted by atomic mass is 10.00. The second kappa shape index (κ2) is 33.8. The highest BCUT2D eigenvalue weighted by molar-refractivity contribution is 7.93. The number of aromatic nitrogens is 5. The summed E-state index contributed by atoms with van der Waals surface area (Å²) in [5.41, 5.74) is 6.47. The number of aryl methyl sites for hydroxylation is 2. The Bertz CT molecular complexity index is 5220. The summed E-state index contributed by atoms with van der Waals surface area (Å²) in [4.78, 5) is 69.9. The van der Waals surface area contributed by atoms with Crippen LogP contribution < -0.4 is 38.5 Å². The predicted molar refractivity (Wildman–Crippen MR) is 429 cm³/mol. The van der Waals surface area contributed by atoms with Crippen LogP contribution in [-0.4, -0.2) is 179 Å². The number of sulfonamides is 3. The van der Waals surface area contributed by atoms with E-state index in [4.69, 9.17) is 27.9 Å². The Balaban J connectivity index is 0.000000230. The molecule has 0 aliphatic carbocycles. The third-order valence-electron chi connectivity index (χ3n) is 19.1. The molecule has 0 bridgehead atoms. The number of nitrogens with one attached hydrogen (secondary N) is 3. The van der Waals surface area contributed by atoms with Gasteiger partial charge in [-0.2, -0.15) is 0 Å². The van der Waals surface area contributed by atoms with E-state index < -0.39 is 41.9 Å². The summed E-state index contributed by atoms with van der Waals surface area (Å²) < 4.78 is 117. The first-order valence-electron chi connectivity index (χ1n) is 34.7. The summed E-state index contributed by atoms with van der Waals surface area (Å²) in [7, 11) is -11.2. The fraction of sp³-hybridized carbons (Fsp3) is 0.311. The second-order valence-corrected chi connectivity index (χ2v) is 33.9. The summed E-state index contributed by atoms with van der Waals surface area (Å²) in [6, 6.07) is 37.1. The van der Waals surface area contributed by atoms with Crippen LogP contribution in [0.15, 0.2) is 190 Å². The first-order valence-corrected chi connectivity index (χ1v) is 41.6. The Labute approximate surface area is 651 Å². The van der Waals surface area contributed by atoms with E-state index in [2.05, 4.69) is 53.7 Å². The van der Waals surface area contributed by atoms with E-state index in [0.29, 0.717) is 87.2 Å². The van der Waals surface area contributed by atoms with Crippen molar-refractivity contribution in [2.75, 3.05) is 112 Å². The molecule has 108 heavy (non-hydrogen) atoms. The molecule has 0 spiro atoms. The molecule has 3 saturated heterocycles. The number of rotatable bonds is 19. The van der Waals surface area contributed by atoms with Crippen molar-refractivity contribution < 1.29 is 60.3 Å². The zero-order valence-corrected chi connectivity index (χ0v) is 65.0. The largest absolute Gasteiger partial charge is 0.484 e. The number of amides is 3. The van der Waals surface area contributed by atoms with E-state index in [1.54, 1.807) is 114 Å². The summed E-state index contributed by atoms with van der Waals surface area (Å²) in [6.45, 7) is 16.3. The van der Waals surface area contributed by atoms with Gasteiger partial charge in [-0.25, -0.2) is 54.0 Å². The number of fused-ring (bicyclic) bond motifs is 2. The highest BCUT2D eigenvalue weighted by atomic mass is 35.5. The summed E-state index contributed by atoms with van der Waals surface area (Å²) >= 11 is 14.4. The minimum absolute atomic E-state index is 0. The van der Waals surface area contributed by atoms with Crippen LogP contribution in [0.3, 0.4) is 0 Å². The quantitative estimate of drug-likeness (QED) is 0.0678. The second-order valence-electron chi connectivity index (χ2n) is 26.3. The van der Waals surface area contributed by atoms with Gasteiger partial charge in [0.05, 0.1) is 19.7 Å². The molecule has 34 heteroatoms. The van der Waals surface area contributed by atoms with E-state index in [0.717, 1.165) is 58.1 Å². The van der Waals surface area contributed by atoms with E-state index in [-0.39, 0.29) is 80.9 Å². The smallest absolute Gasteiger partial charge is 0.263 e. The van der Waals surface area contributed by atoms with Gasteiger partial charge in [0.1, 0.15) is 41.6 Å². The van der Waals surface area contributed by atoms with Crippen molar-refractivity contribution in [2.24, 2.45) is 0 Å². The zero-order valence-electron chi connectivity index (χ0n) is 59.5. The van der Waals surface area contributed by atoms with Crippen molar-refractivity contribution in [3.63, 3.8) is 0 Å². The first kappa shape index (κ1) is 77.9. The molecule has 3 amide bonds. The van der Waals surface area contributed by atoms with Gasteiger partial charge in [-0.1, -0.05) is 23.2 Å². The molecule has 0 radical (unpaired) electrons. The van der Waals surface area contributed by atoms with Crippen LogP contribution in [0.25, 0.3) is 10.9 Å². The Morgan fingerprint density at radius 2 is 1.15 bits per heavy atom. The number of carbonyl (C=O) groups excluding carboxylic acids is 3. The van der Waals surface area contributed by atoms with Crippen LogP contribution in [0.2, 0.25) is 10.0 Å². The lowest BCUT2D eigenvalue weighted by Crippen LogP contribution is -2.55. The van der Waals surface area contributed by atoms with Crippen molar-refractivity contribution in [3.8, 4) is 5.75 Å². The Morgan fingerprint density at radius 3 is 1.69 bits per heavy atom. The summed E-state index contributed by atoms with van der Waals surface area (Å²) in [5.74, 6) is -0.336. The Kier molecular flexibility index (Phi) is 24.4. The van der Waals surface area contributed by atoms with Crippen LogP contribution in [0.1, 0.15) is 58.5 Å². The maximum Gasteiger partial charge on any atom is 0.263 e. The molecule has 4 aliphatic rings. The minimum atomic E-state index is -3.77. The standard InChI is InChI=1S/C27H31ClN6O3S.C25H26FN5O3S2.C22H22ClFN4O4S2.5H2/c1-19-16-26(30-18-29-19)31-38(36,37)24-8-6-23(7-9-24)32-12-14-33(15-13-32)27(35)20(2)34-11-3-4-21-17-22(28)5-10-25(21)34;1-17-16-29(21-4-6-22(7-5-21)36(33,34)28-25-27-10-14-35-25)12-13-30(17)24(32)18(2)31-11-9-19-15-20(26)3-8-23(19)31;1-15-13-27(9-10-28(15)21(29)14-32-17-4-7-20(24)19(23)12-17)16-2-5-18(6-3-16)34(30,31)26-22-25-8-11-33-22;;;;;/h5-10,16-18,20H,3-4,11-15H2,1-2H3,(H,29,30,31);3-11,14-15,17-18H,12-13,16H2,1-2H3,(H,27,28);2-8,11-12,15H,9-10,13-14H2,1H3,(H,25,26);5*1H/t20-;17-,18?;15-;;;;;/m100...../s1. The van der Waals surface area contributed by atoms with Gasteiger partial charge in [-0.3, -0.25) is 28.5 Å². The third-order valence-corrected chi connectivity index (χ3v) is 25.3. The van der Waals surface area contributed by atoms with Crippen molar-refractivity contribution in [2.45, 2.75) is 86.3 Å². The van der Waals surface area contributed by atoms with Gasteiger partial charge in [-0.05, 0) is 180 Å². The SMILES string of the molecule is CC(C(=O)N1CCN(c2ccc(S(=O)(=O)Nc3nccs3)cc2)C[C@@H]1C)n1ccc2cc(F)ccc21.C[C@H]1CN(c2ccc(S(=O)(=O)Nc3nccs3)cc2)CCN1C(=O)COc1ccc(F)c(Cl)c1.Cc1cc(NS(=O)(=O)c2ccc(N3CCN(C(=O)[C@@H](C)N4CCCc5cc(Cl)ccc54)CC3)cc2)ncn1.[HH].[HH].[HH].[HH].[HH]. The number of piperazine rings is 3. The average molecular weight is 1620 g/mol. The number of benzene rings is 6. The number of thiazole rings is 2. The average Bonchev–Trinajstić information content (AvgIpc) is 1.12. The van der Waals surface area contributed by atoms with Gasteiger partial charge < -0.3 is 43.6 Å². The summed E-state index contributed by atoms with van der Waals surface area (Å²) in [6.07, 6.45) is 8.19. The van der Waals surface area contributed by atoms with Crippen LogP contribution in [-0.2, 0) is 50.9 Å². The number of carbonyl (C=O) groups is 3. The van der Waals surface area contributed by atoms with Gasteiger partial charge in [0.25, 0.3) is 36.0 Å². The molecule has 1 unspecified atom stereocenters. The molecular formula is C74H89Cl2F2N15O10S5. The van der Waals surface area contributed by atoms with Crippen LogP contribution in [0.5, 0.6) is 5.75 Å². The predicted octanol–water partition coefficient (Wildman–Crippen LogP) is 13.1. The number of hydrogen-bond acceptors (Lipinski definition) is 20. The highest BCUT2D eigenvalue weighted by Crippen LogP contribution is 2.34. The van der Waals surface area contributed by atoms with Crippen molar-refractivity contribution in [1.82, 2.24) is 39.2 Å². The number of halogens is 4. The van der Waals surface area contributed by atoms with Crippen molar-refractivity contribution in [3.05, 3.63) is 208 Å². The van der Waals surface area contributed by atoms with E-state index in [1.807, 2.05) is 72.5 Å². The molecular weight excluding hydrogens is 1530 g/mol. The monoisotopic (exact) mass is 1620 g/mol. The van der Waals surface area contributed by atoms with Gasteiger partial charge in [0.15, 0.2) is 16.9 Å². The van der Waals surface area contributed by atoms with E-state index in [9.17, 15) is 48.4 Å². The molecule has 4 aliphatic heterocycles. The molecule has 6 aromatic carbocycles. The molecule has 3 N–H and O–H groups in total. The molecule has 25 nitrogen and oxygen atoms in total. The molecule has 0 saturated carbocycles. The maximum absolute atomic E-state index is 13.6. The Hall–Kier alpha value is -9.70. The third kappa shape index (κ3) is 18.7. The molecule has 4 atom stereocenters. The van der Waals surface area contributed by atoms with Gasteiger partial charge in [0, 0.05) is 177 Å². The fourth-order valence-electron chi connectivity index (χ4n) is 13.4. The molecule has 14 rings (SSSR count). The van der Waals surface area contributed by atoms with Crippen molar-refractivity contribution >= 4 is 143 Å². The van der Waals surface area contributed by atoms with Crippen molar-refractivity contribution in [1.29, 1.82) is 0 Å². The molecule has 4 aromatic heterocycles. The number of ether oxygens (including phenoxy) is 1. The highest BCUT2D eigenvalue weighted by Gasteiger charge is 2.35. The topological polar surface area (TPSA) is 278 Å². The minimum Gasteiger partial charge on any atom is -0.484 e. The van der Waals surface area contributed by atoms with Gasteiger partial charge >= 0.3 is 0 Å². The number of anilines is 7. The van der Waals surface area contributed by atoms with Crippen LogP contribution >= 0.6 is 45.9 Å². The normalized spacial score (nSPS) is 16.8. The lowest BCUT2D eigenvalue weighted by molar-refractivity contribution is -0.137. The molecule has 10 aromatic rings. The summed E-state index contributed by atoms with van der Waals surface area (Å²) in [5, 5.41) is 5.45. The molecule has 3 fully saturated rings. The van der Waals surface area contributed by atoms with Crippen LogP contribution in [0.4, 0.5) is 47.6 Å². The molecule has 8 heterocycles. The lowest BCUT2D eigenvalue weighted by Gasteiger charge is -2.42. The van der Waals surface area contributed by atoms with Gasteiger partial charge in [-0.15, -0.1) is 22.7 Å². The number of nitrogens with zero attached hydrogens (tertiary/aromatic N) is 12. The number of hydrogen-bond donors (Lipinski definition) is 3. The fourth-order valence-corrected chi connectivity index (χ4v) is 18.3. The molecule has 578 valence electrons. The van der Waals surface area contributed by atoms with E-state index in [1.165, 1.54) is 71.1 Å². The first-order chi connectivity index (χ1) is 51.7. The maximum atomic E-state index is 13.6. The van der Waals surface area contributed by atoms with Gasteiger partial charge in [0.2, 0.25) is 11.8 Å². The van der Waals surface area contributed by atoms with Crippen LogP contribution in [0, 0.1) is 18.6 Å².